The molecular formula is C15H12O4. The molecule has 0 spiro atoms. The van der Waals surface area contributed by atoms with E-state index in [1.807, 2.05) is 30.3 Å². The van der Waals surface area contributed by atoms with E-state index in [9.17, 15) is 4.79 Å². The summed E-state index contributed by atoms with van der Waals surface area (Å²) < 4.78 is 5.12. The highest BCUT2D eigenvalue weighted by atomic mass is 16.4. The van der Waals surface area contributed by atoms with Crippen LogP contribution in [-0.2, 0) is 0 Å². The topological polar surface area (TPSA) is 70.7 Å². The normalized spacial score (nSPS) is 9.68. The van der Waals surface area contributed by atoms with E-state index in [2.05, 4.69) is 0 Å². The van der Waals surface area contributed by atoms with Crippen molar-refractivity contribution in [3.05, 3.63) is 66.4 Å². The molecule has 0 fully saturated rings. The van der Waals surface area contributed by atoms with Crippen LogP contribution in [0.2, 0.25) is 0 Å². The number of fused-ring (bicyclic) bond motifs is 1. The molecule has 4 nitrogen and oxygen atoms in total. The minimum absolute atomic E-state index is 0.0671. The minimum Gasteiger partial charge on any atom is -0.507 e. The average Bonchev–Trinajstić information content (AvgIpc) is 2.88. The Hall–Kier alpha value is -2.75. The van der Waals surface area contributed by atoms with E-state index in [0.29, 0.717) is 0 Å². The van der Waals surface area contributed by atoms with Crippen LogP contribution in [0.15, 0.2) is 65.3 Å². The van der Waals surface area contributed by atoms with Crippen molar-refractivity contribution >= 4 is 16.9 Å². The van der Waals surface area contributed by atoms with E-state index in [4.69, 9.17) is 14.6 Å². The number of phenols is 1. The number of carboxylic acid groups (broad SMARTS) is 1. The Kier molecular flexibility index (Phi) is 3.83. The maximum Gasteiger partial charge on any atom is 0.339 e. The number of furan rings is 1. The average molecular weight is 256 g/mol. The molecule has 0 aliphatic heterocycles. The second kappa shape index (κ2) is 5.73. The smallest absolute Gasteiger partial charge is 0.339 e. The first kappa shape index (κ1) is 12.7. The SMILES string of the molecule is O=C(O)c1ccccc1O.c1ccc2occc2c1. The number of para-hydroxylation sites is 2. The summed E-state index contributed by atoms with van der Waals surface area (Å²) in [6, 6.07) is 15.7. The lowest BCUT2D eigenvalue weighted by Crippen LogP contribution is -1.95. The van der Waals surface area contributed by atoms with Crippen molar-refractivity contribution in [1.82, 2.24) is 0 Å². The molecule has 0 radical (unpaired) electrons. The van der Waals surface area contributed by atoms with Crippen molar-refractivity contribution in [2.45, 2.75) is 0 Å². The summed E-state index contributed by atoms with van der Waals surface area (Å²) in [5.74, 6) is -1.31. The third-order valence-electron chi connectivity index (χ3n) is 2.50. The lowest BCUT2D eigenvalue weighted by molar-refractivity contribution is 0.0693. The second-order valence-electron chi connectivity index (χ2n) is 3.78. The Morgan fingerprint density at radius 3 is 2.26 bits per heavy atom. The predicted octanol–water partition coefficient (Wildman–Crippen LogP) is 3.52. The fourth-order valence-corrected chi connectivity index (χ4v) is 1.56. The van der Waals surface area contributed by atoms with Crippen molar-refractivity contribution in [2.75, 3.05) is 0 Å². The van der Waals surface area contributed by atoms with Gasteiger partial charge in [0.05, 0.1) is 6.26 Å². The van der Waals surface area contributed by atoms with Gasteiger partial charge in [0.1, 0.15) is 16.9 Å². The molecule has 19 heavy (non-hydrogen) atoms. The summed E-state index contributed by atoms with van der Waals surface area (Å²) in [5, 5.41) is 18.5. The van der Waals surface area contributed by atoms with E-state index in [1.54, 1.807) is 18.4 Å². The van der Waals surface area contributed by atoms with Gasteiger partial charge < -0.3 is 14.6 Å². The zero-order valence-electron chi connectivity index (χ0n) is 9.98. The number of hydrogen-bond donors (Lipinski definition) is 2. The first-order chi connectivity index (χ1) is 9.18. The molecule has 96 valence electrons. The summed E-state index contributed by atoms with van der Waals surface area (Å²) in [7, 11) is 0. The fraction of sp³-hybridized carbons (Fsp3) is 0. The highest BCUT2D eigenvalue weighted by Crippen LogP contribution is 2.14. The lowest BCUT2D eigenvalue weighted by atomic mass is 10.2. The number of hydrogen-bond acceptors (Lipinski definition) is 3. The Balaban J connectivity index is 0.000000141. The number of rotatable bonds is 1. The molecule has 0 unspecified atom stereocenters. The van der Waals surface area contributed by atoms with Crippen LogP contribution in [0.1, 0.15) is 10.4 Å². The van der Waals surface area contributed by atoms with Gasteiger partial charge in [0.25, 0.3) is 0 Å². The summed E-state index contributed by atoms with van der Waals surface area (Å²) >= 11 is 0. The van der Waals surface area contributed by atoms with Gasteiger partial charge in [-0.25, -0.2) is 4.79 Å². The van der Waals surface area contributed by atoms with Gasteiger partial charge in [0.2, 0.25) is 0 Å². The van der Waals surface area contributed by atoms with Crippen molar-refractivity contribution in [3.63, 3.8) is 0 Å². The molecule has 1 aromatic heterocycles. The molecular weight excluding hydrogens is 244 g/mol. The number of aromatic carboxylic acids is 1. The van der Waals surface area contributed by atoms with Gasteiger partial charge in [0.15, 0.2) is 0 Å². The van der Waals surface area contributed by atoms with Crippen molar-refractivity contribution in [2.24, 2.45) is 0 Å². The molecule has 2 aromatic carbocycles. The van der Waals surface area contributed by atoms with Crippen LogP contribution in [-0.4, -0.2) is 16.2 Å². The Bertz CT molecular complexity index is 655. The number of carboxylic acids is 1. The largest absolute Gasteiger partial charge is 0.507 e. The third kappa shape index (κ3) is 3.13. The van der Waals surface area contributed by atoms with Gasteiger partial charge in [-0.2, -0.15) is 0 Å². The number of carbonyl (C=O) groups is 1. The van der Waals surface area contributed by atoms with Crippen molar-refractivity contribution < 1.29 is 19.4 Å². The quantitative estimate of drug-likeness (QED) is 0.698. The van der Waals surface area contributed by atoms with Crippen molar-refractivity contribution in [3.8, 4) is 5.75 Å². The van der Waals surface area contributed by atoms with Crippen molar-refractivity contribution in [1.29, 1.82) is 0 Å². The van der Waals surface area contributed by atoms with E-state index >= 15 is 0 Å². The molecule has 1 heterocycles. The maximum absolute atomic E-state index is 10.3. The lowest BCUT2D eigenvalue weighted by Gasteiger charge is -1.95. The monoisotopic (exact) mass is 256 g/mol. The zero-order chi connectivity index (χ0) is 13.7. The summed E-state index contributed by atoms with van der Waals surface area (Å²) in [5.41, 5.74) is 0.889. The highest BCUT2D eigenvalue weighted by molar-refractivity contribution is 5.90. The Morgan fingerprint density at radius 2 is 1.63 bits per heavy atom. The molecule has 3 rings (SSSR count). The summed E-state index contributed by atoms with van der Waals surface area (Å²) in [6.07, 6.45) is 1.70. The molecule has 0 amide bonds. The van der Waals surface area contributed by atoms with Gasteiger partial charge in [-0.3, -0.25) is 0 Å². The summed E-state index contributed by atoms with van der Waals surface area (Å²) in [6.45, 7) is 0. The molecule has 0 aliphatic carbocycles. The number of benzene rings is 2. The second-order valence-corrected chi connectivity index (χ2v) is 3.78. The molecule has 4 heteroatoms. The molecule has 3 aromatic rings. The zero-order valence-corrected chi connectivity index (χ0v) is 9.98. The highest BCUT2D eigenvalue weighted by Gasteiger charge is 2.05. The third-order valence-corrected chi connectivity index (χ3v) is 2.50. The van der Waals surface area contributed by atoms with Crippen LogP contribution in [0.4, 0.5) is 0 Å². The van der Waals surface area contributed by atoms with Gasteiger partial charge in [-0.15, -0.1) is 0 Å². The van der Waals surface area contributed by atoms with Crippen LogP contribution in [0.3, 0.4) is 0 Å². The molecule has 2 N–H and O–H groups in total. The van der Waals surface area contributed by atoms with Crippen LogP contribution in [0.5, 0.6) is 5.75 Å². The van der Waals surface area contributed by atoms with Crippen LogP contribution < -0.4 is 0 Å². The standard InChI is InChI=1S/C8H6O.C7H6O3/c1-2-4-8-7(3-1)5-6-9-8;8-6-4-2-1-3-5(6)7(9)10/h1-6H;1-4,8H,(H,9,10). The molecule has 0 atom stereocenters. The number of aromatic hydroxyl groups is 1. The first-order valence-corrected chi connectivity index (χ1v) is 5.62. The van der Waals surface area contributed by atoms with Gasteiger partial charge in [0, 0.05) is 5.39 Å². The minimum atomic E-state index is -1.11. The molecule has 0 bridgehead atoms. The van der Waals surface area contributed by atoms with Gasteiger partial charge in [-0.05, 0) is 24.3 Å². The Morgan fingerprint density at radius 1 is 0.947 bits per heavy atom. The van der Waals surface area contributed by atoms with E-state index in [-0.39, 0.29) is 11.3 Å². The van der Waals surface area contributed by atoms with Gasteiger partial charge >= 0.3 is 5.97 Å². The van der Waals surface area contributed by atoms with Gasteiger partial charge in [-0.1, -0.05) is 30.3 Å². The van der Waals surface area contributed by atoms with Crippen LogP contribution in [0, 0.1) is 0 Å². The Labute approximate surface area is 109 Å². The van der Waals surface area contributed by atoms with Crippen LogP contribution in [0.25, 0.3) is 11.0 Å². The van der Waals surface area contributed by atoms with E-state index < -0.39 is 5.97 Å². The predicted molar refractivity (Wildman–Crippen MR) is 71.3 cm³/mol. The maximum atomic E-state index is 10.3. The first-order valence-electron chi connectivity index (χ1n) is 5.62. The van der Waals surface area contributed by atoms with E-state index in [1.165, 1.54) is 12.1 Å². The molecule has 0 saturated carbocycles. The van der Waals surface area contributed by atoms with Crippen LogP contribution >= 0.6 is 0 Å². The molecule has 0 aliphatic rings. The molecule has 0 saturated heterocycles. The summed E-state index contributed by atoms with van der Waals surface area (Å²) in [4.78, 5) is 10.3. The fourth-order valence-electron chi connectivity index (χ4n) is 1.56. The van der Waals surface area contributed by atoms with E-state index in [0.717, 1.165) is 11.0 Å².